The van der Waals surface area contributed by atoms with Crippen molar-refractivity contribution in [2.24, 2.45) is 0 Å². The number of rotatable bonds is 5. The molecule has 2 heterocycles. The van der Waals surface area contributed by atoms with Crippen LogP contribution < -0.4 is 15.8 Å². The number of pyridine rings is 1. The van der Waals surface area contributed by atoms with Crippen molar-refractivity contribution < 1.29 is 36.0 Å². The molecule has 1 aromatic carbocycles. The molecular formula is C20H19ClF3N5O5S. The van der Waals surface area contributed by atoms with Crippen LogP contribution in [0.25, 0.3) is 0 Å². The Hall–Kier alpha value is -3.39. The summed E-state index contributed by atoms with van der Waals surface area (Å²) in [7, 11) is -3.24. The van der Waals surface area contributed by atoms with Crippen LogP contribution in [0.1, 0.15) is 16.1 Å². The Kier molecular flexibility index (Phi) is 8.17. The molecule has 0 saturated carbocycles. The Bertz CT molecular complexity index is 1220. The van der Waals surface area contributed by atoms with Gasteiger partial charge in [-0.3, -0.25) is 30.3 Å². The number of anilines is 1. The Labute approximate surface area is 202 Å². The molecule has 2 aromatic rings. The summed E-state index contributed by atoms with van der Waals surface area (Å²) in [4.78, 5) is 42.7. The van der Waals surface area contributed by atoms with Gasteiger partial charge >= 0.3 is 18.4 Å². The van der Waals surface area contributed by atoms with E-state index in [1.807, 2.05) is 5.43 Å². The average molecular weight is 534 g/mol. The van der Waals surface area contributed by atoms with Crippen LogP contribution in [0, 0.1) is 5.82 Å². The SMILES string of the molecule is O=C(NNC(=O)C(F)F)c1ccc(CN(C(=O)N2CCS(=O)(=O)CC2)c2ccc(F)c(Cl)c2)nc1. The predicted octanol–water partition coefficient (Wildman–Crippen LogP) is 1.76. The zero-order valence-corrected chi connectivity index (χ0v) is 19.5. The van der Waals surface area contributed by atoms with E-state index in [1.54, 1.807) is 5.43 Å². The molecule has 188 valence electrons. The molecule has 0 bridgehead atoms. The maximum absolute atomic E-state index is 13.7. The topological polar surface area (TPSA) is 129 Å². The fraction of sp³-hybridized carbons (Fsp3) is 0.300. The summed E-state index contributed by atoms with van der Waals surface area (Å²) in [6.45, 7) is -0.193. The molecule has 10 nitrogen and oxygen atoms in total. The molecule has 0 unspecified atom stereocenters. The number of aromatic nitrogens is 1. The van der Waals surface area contributed by atoms with Crippen LogP contribution in [0.4, 0.5) is 23.7 Å². The summed E-state index contributed by atoms with van der Waals surface area (Å²) >= 11 is 5.87. The van der Waals surface area contributed by atoms with Gasteiger partial charge in [-0.15, -0.1) is 0 Å². The quantitative estimate of drug-likeness (QED) is 0.564. The van der Waals surface area contributed by atoms with Crippen molar-refractivity contribution in [1.82, 2.24) is 20.7 Å². The number of hydrogen-bond acceptors (Lipinski definition) is 6. The molecule has 1 aliphatic rings. The third-order valence-electron chi connectivity index (χ3n) is 4.97. The molecule has 1 aliphatic heterocycles. The third kappa shape index (κ3) is 6.82. The number of benzene rings is 1. The van der Waals surface area contributed by atoms with Crippen LogP contribution in [0.5, 0.6) is 0 Å². The fourth-order valence-electron chi connectivity index (χ4n) is 3.06. The van der Waals surface area contributed by atoms with E-state index in [0.29, 0.717) is 0 Å². The number of alkyl halides is 2. The van der Waals surface area contributed by atoms with Gasteiger partial charge in [0.15, 0.2) is 9.84 Å². The average Bonchev–Trinajstić information content (AvgIpc) is 2.82. The van der Waals surface area contributed by atoms with Gasteiger partial charge in [0.05, 0.1) is 34.3 Å². The lowest BCUT2D eigenvalue weighted by atomic mass is 10.2. The third-order valence-corrected chi connectivity index (χ3v) is 6.86. The van der Waals surface area contributed by atoms with E-state index in [9.17, 15) is 36.0 Å². The van der Waals surface area contributed by atoms with E-state index in [0.717, 1.165) is 12.3 Å². The zero-order valence-electron chi connectivity index (χ0n) is 17.9. The summed E-state index contributed by atoms with van der Waals surface area (Å²) < 4.78 is 61.5. The summed E-state index contributed by atoms with van der Waals surface area (Å²) in [5, 5.41) is -0.229. The largest absolute Gasteiger partial charge is 0.324 e. The van der Waals surface area contributed by atoms with Crippen molar-refractivity contribution in [2.45, 2.75) is 13.0 Å². The first-order chi connectivity index (χ1) is 16.5. The molecule has 35 heavy (non-hydrogen) atoms. The van der Waals surface area contributed by atoms with Crippen LogP contribution in [0.15, 0.2) is 36.5 Å². The maximum Gasteiger partial charge on any atom is 0.324 e. The van der Waals surface area contributed by atoms with Crippen molar-refractivity contribution in [3.8, 4) is 0 Å². The molecule has 0 radical (unpaired) electrons. The van der Waals surface area contributed by atoms with Crippen molar-refractivity contribution >= 4 is 45.0 Å². The summed E-state index contributed by atoms with van der Waals surface area (Å²) in [6, 6.07) is 5.76. The number of hydrogen-bond donors (Lipinski definition) is 2. The summed E-state index contributed by atoms with van der Waals surface area (Å²) in [5.41, 5.74) is 3.83. The second-order valence-corrected chi connectivity index (χ2v) is 10.1. The van der Waals surface area contributed by atoms with Crippen LogP contribution in [0.2, 0.25) is 5.02 Å². The summed E-state index contributed by atoms with van der Waals surface area (Å²) in [5.74, 6) is -3.66. The Morgan fingerprint density at radius 2 is 1.80 bits per heavy atom. The normalized spacial score (nSPS) is 14.9. The van der Waals surface area contributed by atoms with Crippen LogP contribution in [0.3, 0.4) is 0 Å². The highest BCUT2D eigenvalue weighted by Gasteiger charge is 2.29. The van der Waals surface area contributed by atoms with Gasteiger partial charge in [-0.1, -0.05) is 11.6 Å². The second-order valence-electron chi connectivity index (χ2n) is 7.39. The molecule has 4 amide bonds. The van der Waals surface area contributed by atoms with Gasteiger partial charge in [-0.05, 0) is 30.3 Å². The number of hydrazine groups is 1. The second kappa shape index (κ2) is 10.9. The lowest BCUT2D eigenvalue weighted by molar-refractivity contribution is -0.132. The van der Waals surface area contributed by atoms with Crippen LogP contribution in [-0.4, -0.2) is 67.2 Å². The van der Waals surface area contributed by atoms with Crippen molar-refractivity contribution in [3.05, 3.63) is 58.6 Å². The van der Waals surface area contributed by atoms with E-state index in [2.05, 4.69) is 4.98 Å². The van der Waals surface area contributed by atoms with E-state index in [-0.39, 0.29) is 53.1 Å². The maximum atomic E-state index is 13.7. The minimum atomic E-state index is -3.31. The van der Waals surface area contributed by atoms with Crippen LogP contribution >= 0.6 is 11.6 Å². The number of nitrogens with zero attached hydrogens (tertiary/aromatic N) is 3. The van der Waals surface area contributed by atoms with Crippen molar-refractivity contribution in [2.75, 3.05) is 29.5 Å². The minimum absolute atomic E-state index is 0.0243. The van der Waals surface area contributed by atoms with E-state index >= 15 is 0 Å². The first-order valence-electron chi connectivity index (χ1n) is 10.0. The number of nitrogens with one attached hydrogen (secondary N) is 2. The highest BCUT2D eigenvalue weighted by molar-refractivity contribution is 7.91. The molecule has 0 atom stereocenters. The Morgan fingerprint density at radius 1 is 1.11 bits per heavy atom. The Morgan fingerprint density at radius 3 is 2.37 bits per heavy atom. The number of amides is 4. The molecule has 2 N–H and O–H groups in total. The summed E-state index contributed by atoms with van der Waals surface area (Å²) in [6.07, 6.45) is -2.20. The van der Waals surface area contributed by atoms with Gasteiger partial charge in [-0.2, -0.15) is 8.78 Å². The molecule has 1 fully saturated rings. The van der Waals surface area contributed by atoms with Crippen molar-refractivity contribution in [1.29, 1.82) is 0 Å². The highest BCUT2D eigenvalue weighted by atomic mass is 35.5. The fourth-order valence-corrected chi connectivity index (χ4v) is 4.43. The van der Waals surface area contributed by atoms with Gasteiger partial charge in [0, 0.05) is 25.0 Å². The monoisotopic (exact) mass is 533 g/mol. The molecule has 15 heteroatoms. The molecular weight excluding hydrogens is 515 g/mol. The van der Waals surface area contributed by atoms with Gasteiger partial charge in [-0.25, -0.2) is 17.6 Å². The smallest absolute Gasteiger partial charge is 0.322 e. The lowest BCUT2D eigenvalue weighted by Gasteiger charge is -2.33. The van der Waals surface area contributed by atoms with Gasteiger partial charge in [0.25, 0.3) is 5.91 Å². The predicted molar refractivity (Wildman–Crippen MR) is 119 cm³/mol. The minimum Gasteiger partial charge on any atom is -0.322 e. The molecule has 0 aliphatic carbocycles. The van der Waals surface area contributed by atoms with E-state index in [4.69, 9.17) is 11.6 Å². The molecule has 1 saturated heterocycles. The Balaban J connectivity index is 1.78. The van der Waals surface area contributed by atoms with Crippen LogP contribution in [-0.2, 0) is 21.2 Å². The zero-order chi connectivity index (χ0) is 25.8. The molecule has 0 spiro atoms. The number of urea groups is 1. The number of sulfone groups is 1. The standard InChI is InChI=1S/C20H19ClF3N5O5S/c21-15-9-14(3-4-16(15)22)29(20(32)28-5-7-35(33,34)8-6-28)11-13-2-1-12(10-25-13)18(30)26-27-19(31)17(23)24/h1-4,9-10,17H,5-8,11H2,(H,26,30)(H,27,31). The number of halogens is 4. The van der Waals surface area contributed by atoms with Gasteiger partial charge < -0.3 is 4.90 Å². The highest BCUT2D eigenvalue weighted by Crippen LogP contribution is 2.25. The lowest BCUT2D eigenvalue weighted by Crippen LogP contribution is -2.49. The van der Waals surface area contributed by atoms with Gasteiger partial charge in [0.1, 0.15) is 5.82 Å². The first-order valence-corrected chi connectivity index (χ1v) is 12.2. The first kappa shape index (κ1) is 26.2. The molecule has 3 rings (SSSR count). The molecule has 1 aromatic heterocycles. The van der Waals surface area contributed by atoms with E-state index in [1.165, 1.54) is 34.1 Å². The number of carbonyl (C=O) groups is 3. The number of carbonyl (C=O) groups excluding carboxylic acids is 3. The van der Waals surface area contributed by atoms with Gasteiger partial charge in [0.2, 0.25) is 0 Å². The van der Waals surface area contributed by atoms with E-state index < -0.39 is 39.9 Å². The van der Waals surface area contributed by atoms with Crippen molar-refractivity contribution in [3.63, 3.8) is 0 Å².